The SMILES string of the molecule is C=C(CC)c1c(C)cccc1NC. The van der Waals surface area contributed by atoms with Crippen LogP contribution in [0.1, 0.15) is 24.5 Å². The van der Waals surface area contributed by atoms with Crippen molar-refractivity contribution >= 4 is 11.3 Å². The number of hydrogen-bond acceptors (Lipinski definition) is 1. The van der Waals surface area contributed by atoms with Gasteiger partial charge in [-0.25, -0.2) is 0 Å². The lowest BCUT2D eigenvalue weighted by Crippen LogP contribution is -1.96. The summed E-state index contributed by atoms with van der Waals surface area (Å²) in [7, 11) is 1.95. The molecule has 0 saturated carbocycles. The Morgan fingerprint density at radius 1 is 1.46 bits per heavy atom. The van der Waals surface area contributed by atoms with Gasteiger partial charge in [0.25, 0.3) is 0 Å². The Balaban J connectivity index is 3.22. The Hall–Kier alpha value is -1.24. The predicted octanol–water partition coefficient (Wildman–Crippen LogP) is 3.46. The summed E-state index contributed by atoms with van der Waals surface area (Å²) in [6, 6.07) is 6.27. The minimum atomic E-state index is 1.000. The first-order valence-electron chi connectivity index (χ1n) is 4.66. The topological polar surface area (TPSA) is 12.0 Å². The van der Waals surface area contributed by atoms with E-state index in [1.165, 1.54) is 22.4 Å². The van der Waals surface area contributed by atoms with Gasteiger partial charge in [-0.05, 0) is 30.5 Å². The van der Waals surface area contributed by atoms with Crippen molar-refractivity contribution in [1.82, 2.24) is 0 Å². The third-order valence-electron chi connectivity index (χ3n) is 2.32. The van der Waals surface area contributed by atoms with E-state index in [4.69, 9.17) is 0 Å². The van der Waals surface area contributed by atoms with Gasteiger partial charge >= 0.3 is 0 Å². The van der Waals surface area contributed by atoms with Crippen molar-refractivity contribution in [2.24, 2.45) is 0 Å². The molecule has 0 amide bonds. The van der Waals surface area contributed by atoms with Gasteiger partial charge < -0.3 is 5.32 Å². The summed E-state index contributed by atoms with van der Waals surface area (Å²) in [5, 5.41) is 3.19. The smallest absolute Gasteiger partial charge is 0.0416 e. The van der Waals surface area contributed by atoms with Gasteiger partial charge in [-0.15, -0.1) is 0 Å². The molecule has 1 N–H and O–H groups in total. The number of allylic oxidation sites excluding steroid dienone is 1. The van der Waals surface area contributed by atoms with Crippen LogP contribution in [0.3, 0.4) is 0 Å². The maximum Gasteiger partial charge on any atom is 0.0416 e. The van der Waals surface area contributed by atoms with Crippen molar-refractivity contribution in [2.45, 2.75) is 20.3 Å². The summed E-state index contributed by atoms with van der Waals surface area (Å²) >= 11 is 0. The normalized spacial score (nSPS) is 9.77. The zero-order chi connectivity index (χ0) is 9.84. The molecular weight excluding hydrogens is 158 g/mol. The van der Waals surface area contributed by atoms with Gasteiger partial charge in [0.1, 0.15) is 0 Å². The lowest BCUT2D eigenvalue weighted by Gasteiger charge is -2.13. The van der Waals surface area contributed by atoms with Gasteiger partial charge in [-0.2, -0.15) is 0 Å². The second-order valence-corrected chi connectivity index (χ2v) is 3.20. The Kier molecular flexibility index (Phi) is 3.13. The fourth-order valence-electron chi connectivity index (χ4n) is 1.52. The third-order valence-corrected chi connectivity index (χ3v) is 2.32. The molecule has 0 unspecified atom stereocenters. The van der Waals surface area contributed by atoms with Crippen LogP contribution in [0.4, 0.5) is 5.69 Å². The van der Waals surface area contributed by atoms with Gasteiger partial charge in [0, 0.05) is 18.3 Å². The molecule has 0 spiro atoms. The molecule has 70 valence electrons. The van der Waals surface area contributed by atoms with Gasteiger partial charge in [-0.1, -0.05) is 25.6 Å². The largest absolute Gasteiger partial charge is 0.388 e. The molecule has 1 heteroatoms. The number of nitrogens with one attached hydrogen (secondary N) is 1. The van der Waals surface area contributed by atoms with Crippen molar-refractivity contribution in [3.63, 3.8) is 0 Å². The van der Waals surface area contributed by atoms with E-state index in [1.807, 2.05) is 7.05 Å². The molecule has 0 bridgehead atoms. The lowest BCUT2D eigenvalue weighted by molar-refractivity contribution is 1.23. The van der Waals surface area contributed by atoms with Gasteiger partial charge in [0.05, 0.1) is 0 Å². The first-order valence-corrected chi connectivity index (χ1v) is 4.66. The van der Waals surface area contributed by atoms with Crippen molar-refractivity contribution in [3.05, 3.63) is 35.9 Å². The summed E-state index contributed by atoms with van der Waals surface area (Å²) in [5.41, 5.74) is 4.93. The highest BCUT2D eigenvalue weighted by molar-refractivity contribution is 5.77. The average molecular weight is 175 g/mol. The minimum Gasteiger partial charge on any atom is -0.388 e. The highest BCUT2D eigenvalue weighted by Gasteiger charge is 2.05. The molecule has 1 rings (SSSR count). The zero-order valence-corrected chi connectivity index (χ0v) is 8.65. The fraction of sp³-hybridized carbons (Fsp3) is 0.333. The Morgan fingerprint density at radius 3 is 2.69 bits per heavy atom. The van der Waals surface area contributed by atoms with E-state index in [9.17, 15) is 0 Å². The number of anilines is 1. The molecule has 1 nitrogen and oxygen atoms in total. The van der Waals surface area contributed by atoms with Crippen molar-refractivity contribution in [1.29, 1.82) is 0 Å². The minimum absolute atomic E-state index is 1.000. The quantitative estimate of drug-likeness (QED) is 0.741. The van der Waals surface area contributed by atoms with Crippen LogP contribution in [0, 0.1) is 6.92 Å². The maximum atomic E-state index is 4.07. The molecule has 0 atom stereocenters. The summed E-state index contributed by atoms with van der Waals surface area (Å²) in [6.07, 6.45) is 1.000. The number of rotatable bonds is 3. The van der Waals surface area contributed by atoms with Crippen molar-refractivity contribution in [3.8, 4) is 0 Å². The van der Waals surface area contributed by atoms with Crippen LogP contribution >= 0.6 is 0 Å². The van der Waals surface area contributed by atoms with E-state index in [2.05, 4.69) is 43.9 Å². The number of benzene rings is 1. The summed E-state index contributed by atoms with van der Waals surface area (Å²) in [5.74, 6) is 0. The van der Waals surface area contributed by atoms with Gasteiger partial charge in [0.2, 0.25) is 0 Å². The van der Waals surface area contributed by atoms with Crippen LogP contribution in [0.5, 0.6) is 0 Å². The van der Waals surface area contributed by atoms with Crippen LogP contribution in [0.25, 0.3) is 5.57 Å². The second-order valence-electron chi connectivity index (χ2n) is 3.20. The van der Waals surface area contributed by atoms with Crippen molar-refractivity contribution < 1.29 is 0 Å². The molecule has 0 aromatic heterocycles. The number of aryl methyl sites for hydroxylation is 1. The van der Waals surface area contributed by atoms with Crippen LogP contribution in [0.2, 0.25) is 0 Å². The molecule has 0 heterocycles. The molecule has 0 saturated heterocycles. The molecule has 0 radical (unpaired) electrons. The highest BCUT2D eigenvalue weighted by Crippen LogP contribution is 2.27. The monoisotopic (exact) mass is 175 g/mol. The van der Waals surface area contributed by atoms with E-state index in [1.54, 1.807) is 0 Å². The molecule has 1 aromatic carbocycles. The van der Waals surface area contributed by atoms with Gasteiger partial charge in [-0.3, -0.25) is 0 Å². The zero-order valence-electron chi connectivity index (χ0n) is 8.65. The molecule has 0 aliphatic heterocycles. The molecular formula is C12H17N. The molecule has 0 aliphatic rings. The molecule has 0 fully saturated rings. The lowest BCUT2D eigenvalue weighted by atomic mass is 9.98. The fourth-order valence-corrected chi connectivity index (χ4v) is 1.52. The van der Waals surface area contributed by atoms with E-state index in [-0.39, 0.29) is 0 Å². The Bertz CT molecular complexity index is 313. The first-order chi connectivity index (χ1) is 6.20. The standard InChI is InChI=1S/C12H17N/c1-5-9(2)12-10(3)7-6-8-11(12)13-4/h6-8,13H,2,5H2,1,3-4H3. The van der Waals surface area contributed by atoms with E-state index >= 15 is 0 Å². The summed E-state index contributed by atoms with van der Waals surface area (Å²) in [4.78, 5) is 0. The highest BCUT2D eigenvalue weighted by atomic mass is 14.8. The average Bonchev–Trinajstić information content (AvgIpc) is 2.16. The maximum absolute atomic E-state index is 4.07. The Morgan fingerprint density at radius 2 is 2.15 bits per heavy atom. The third kappa shape index (κ3) is 1.92. The van der Waals surface area contributed by atoms with Crippen molar-refractivity contribution in [2.75, 3.05) is 12.4 Å². The van der Waals surface area contributed by atoms with E-state index in [0.717, 1.165) is 6.42 Å². The molecule has 0 aliphatic carbocycles. The summed E-state index contributed by atoms with van der Waals surface area (Å²) < 4.78 is 0. The molecule has 1 aromatic rings. The second kappa shape index (κ2) is 4.13. The van der Waals surface area contributed by atoms with Gasteiger partial charge in [0.15, 0.2) is 0 Å². The Labute approximate surface area is 80.5 Å². The molecule has 13 heavy (non-hydrogen) atoms. The van der Waals surface area contributed by atoms with Crippen LogP contribution in [-0.4, -0.2) is 7.05 Å². The van der Waals surface area contributed by atoms with E-state index < -0.39 is 0 Å². The van der Waals surface area contributed by atoms with Crippen LogP contribution in [-0.2, 0) is 0 Å². The van der Waals surface area contributed by atoms with E-state index in [0.29, 0.717) is 0 Å². The predicted molar refractivity (Wildman–Crippen MR) is 60.1 cm³/mol. The first kappa shape index (κ1) is 9.85. The van der Waals surface area contributed by atoms with Crippen LogP contribution in [0.15, 0.2) is 24.8 Å². The summed E-state index contributed by atoms with van der Waals surface area (Å²) in [6.45, 7) is 8.33. The number of hydrogen-bond donors (Lipinski definition) is 1. The van der Waals surface area contributed by atoms with Crippen LogP contribution < -0.4 is 5.32 Å².